The van der Waals surface area contributed by atoms with E-state index in [1.54, 1.807) is 0 Å². The van der Waals surface area contributed by atoms with Crippen LogP contribution in [-0.2, 0) is 18.9 Å². The quantitative estimate of drug-likeness (QED) is 0.718. The van der Waals surface area contributed by atoms with Gasteiger partial charge in [-0.2, -0.15) is 0 Å². The van der Waals surface area contributed by atoms with Gasteiger partial charge in [-0.05, 0) is 28.7 Å². The SMILES string of the molecule is CC[C@H](O)[C@H](NC(=O)OCC1c2ccccc2-c2ccccc21)C12OCC(C)(CO1)CO2. The number of rotatable bonds is 6. The Morgan fingerprint density at radius 1 is 1.06 bits per heavy atom. The van der Waals surface area contributed by atoms with Gasteiger partial charge in [0.25, 0.3) is 0 Å². The Balaban J connectivity index is 1.30. The lowest BCUT2D eigenvalue weighted by molar-refractivity contribution is -0.477. The van der Waals surface area contributed by atoms with Gasteiger partial charge >= 0.3 is 12.1 Å². The summed E-state index contributed by atoms with van der Waals surface area (Å²) in [6.45, 7) is 5.33. The summed E-state index contributed by atoms with van der Waals surface area (Å²) >= 11 is 0. The van der Waals surface area contributed by atoms with Crippen molar-refractivity contribution < 1.29 is 28.8 Å². The largest absolute Gasteiger partial charge is 0.449 e. The molecule has 1 amide bonds. The van der Waals surface area contributed by atoms with E-state index in [2.05, 4.69) is 29.6 Å². The molecular weight excluding hydrogens is 410 g/mol. The summed E-state index contributed by atoms with van der Waals surface area (Å²) in [5, 5.41) is 13.4. The number of nitrogens with one attached hydrogen (secondary N) is 1. The highest BCUT2D eigenvalue weighted by Gasteiger charge is 2.57. The van der Waals surface area contributed by atoms with Crippen LogP contribution in [-0.4, -0.2) is 55.7 Å². The van der Waals surface area contributed by atoms with Crippen molar-refractivity contribution in [2.45, 2.75) is 44.3 Å². The second-order valence-electron chi connectivity index (χ2n) is 9.20. The van der Waals surface area contributed by atoms with Gasteiger partial charge in [0.1, 0.15) is 12.6 Å². The fraction of sp³-hybridized carbons (Fsp3) is 0.480. The molecule has 0 saturated carbocycles. The van der Waals surface area contributed by atoms with Crippen molar-refractivity contribution in [2.75, 3.05) is 26.4 Å². The van der Waals surface area contributed by atoms with E-state index in [-0.39, 0.29) is 17.9 Å². The Hall–Kier alpha value is -2.45. The van der Waals surface area contributed by atoms with Crippen LogP contribution in [0.3, 0.4) is 0 Å². The first-order valence-corrected chi connectivity index (χ1v) is 11.2. The van der Waals surface area contributed by atoms with Gasteiger partial charge in [0, 0.05) is 11.3 Å². The van der Waals surface area contributed by atoms with Crippen molar-refractivity contribution in [1.29, 1.82) is 0 Å². The van der Waals surface area contributed by atoms with E-state index in [1.165, 1.54) is 0 Å². The molecule has 2 aromatic carbocycles. The van der Waals surface area contributed by atoms with Crippen molar-refractivity contribution >= 4 is 6.09 Å². The number of aliphatic hydroxyl groups excluding tert-OH is 1. The molecule has 2 N–H and O–H groups in total. The minimum atomic E-state index is -1.50. The number of carbonyl (C=O) groups is 1. The van der Waals surface area contributed by atoms with E-state index in [9.17, 15) is 9.90 Å². The molecule has 2 bridgehead atoms. The number of alkyl carbamates (subject to hydrolysis) is 1. The Bertz CT molecular complexity index is 937. The molecule has 2 atom stereocenters. The molecule has 4 aliphatic rings. The number of carbonyl (C=O) groups excluding carboxylic acids is 1. The average Bonchev–Trinajstić information content (AvgIpc) is 3.15. The minimum Gasteiger partial charge on any atom is -0.449 e. The molecule has 3 fully saturated rings. The summed E-state index contributed by atoms with van der Waals surface area (Å²) in [6.07, 6.45) is -1.17. The second kappa shape index (κ2) is 8.15. The molecule has 1 aliphatic carbocycles. The second-order valence-corrected chi connectivity index (χ2v) is 9.20. The number of aliphatic hydroxyl groups is 1. The van der Waals surface area contributed by atoms with E-state index in [1.807, 2.05) is 38.1 Å². The van der Waals surface area contributed by atoms with E-state index < -0.39 is 24.2 Å². The minimum absolute atomic E-state index is 0.0466. The summed E-state index contributed by atoms with van der Waals surface area (Å²) in [4.78, 5) is 12.8. The standard InChI is InChI=1S/C25H29NO6/c1-3-21(27)22(25-30-13-24(2,14-31-25)15-32-25)26-23(28)29-12-20-18-10-6-4-8-16(18)17-9-5-7-11-19(17)20/h4-11,20-22,27H,3,12-15H2,1-2H3,(H,26,28)/t21-,22-,24?,25?/m0/s1. The van der Waals surface area contributed by atoms with E-state index in [4.69, 9.17) is 18.9 Å². The van der Waals surface area contributed by atoms with Crippen LogP contribution in [0, 0.1) is 5.41 Å². The first-order valence-electron chi connectivity index (χ1n) is 11.2. The number of amides is 1. The Morgan fingerprint density at radius 3 is 2.12 bits per heavy atom. The lowest BCUT2D eigenvalue weighted by Gasteiger charge is -2.53. The van der Waals surface area contributed by atoms with Crippen LogP contribution in [0.1, 0.15) is 37.3 Å². The third kappa shape index (κ3) is 3.59. The van der Waals surface area contributed by atoms with Crippen LogP contribution in [0.25, 0.3) is 11.1 Å². The highest BCUT2D eigenvalue weighted by atomic mass is 16.9. The zero-order chi connectivity index (χ0) is 22.3. The molecule has 3 aliphatic heterocycles. The Morgan fingerprint density at radius 2 is 1.59 bits per heavy atom. The zero-order valence-electron chi connectivity index (χ0n) is 18.4. The molecule has 2 aromatic rings. The van der Waals surface area contributed by atoms with Crippen LogP contribution in [0.4, 0.5) is 4.79 Å². The molecule has 3 heterocycles. The number of fused-ring (bicyclic) bond motifs is 6. The molecule has 32 heavy (non-hydrogen) atoms. The molecule has 3 saturated heterocycles. The first kappa shape index (κ1) is 21.4. The lowest BCUT2D eigenvalue weighted by Crippen LogP contribution is -2.70. The maximum Gasteiger partial charge on any atom is 0.407 e. The van der Waals surface area contributed by atoms with Crippen molar-refractivity contribution in [3.63, 3.8) is 0 Å². The molecule has 0 aromatic heterocycles. The number of ether oxygens (including phenoxy) is 4. The predicted molar refractivity (Wildman–Crippen MR) is 117 cm³/mol. The van der Waals surface area contributed by atoms with Crippen molar-refractivity contribution in [3.8, 4) is 11.1 Å². The molecule has 170 valence electrons. The summed E-state index contributed by atoms with van der Waals surface area (Å²) in [7, 11) is 0. The van der Waals surface area contributed by atoms with Crippen molar-refractivity contribution in [2.24, 2.45) is 5.41 Å². The summed E-state index contributed by atoms with van der Waals surface area (Å²) in [6, 6.07) is 15.4. The fourth-order valence-corrected chi connectivity index (χ4v) is 4.77. The van der Waals surface area contributed by atoms with Gasteiger partial charge < -0.3 is 29.4 Å². The molecule has 6 rings (SSSR count). The monoisotopic (exact) mass is 439 g/mol. The third-order valence-corrected chi connectivity index (χ3v) is 6.67. The van der Waals surface area contributed by atoms with Crippen LogP contribution in [0.5, 0.6) is 0 Å². The molecular formula is C25H29NO6. The topological polar surface area (TPSA) is 86.3 Å². The molecule has 0 spiro atoms. The normalized spacial score (nSPS) is 28.0. The predicted octanol–water partition coefficient (Wildman–Crippen LogP) is 3.40. The van der Waals surface area contributed by atoms with Gasteiger partial charge in [0.05, 0.1) is 25.9 Å². The van der Waals surface area contributed by atoms with Crippen molar-refractivity contribution in [1.82, 2.24) is 5.32 Å². The van der Waals surface area contributed by atoms with Crippen LogP contribution >= 0.6 is 0 Å². The van der Waals surface area contributed by atoms with Gasteiger partial charge in [0.15, 0.2) is 0 Å². The van der Waals surface area contributed by atoms with Crippen LogP contribution < -0.4 is 5.32 Å². The molecule has 0 radical (unpaired) electrons. The molecule has 7 heteroatoms. The lowest BCUT2D eigenvalue weighted by atomic mass is 9.90. The van der Waals surface area contributed by atoms with Gasteiger partial charge in [-0.25, -0.2) is 4.79 Å². The van der Waals surface area contributed by atoms with Gasteiger partial charge in [-0.1, -0.05) is 62.4 Å². The highest BCUT2D eigenvalue weighted by Crippen LogP contribution is 2.45. The number of hydrogen-bond donors (Lipinski definition) is 2. The van der Waals surface area contributed by atoms with Gasteiger partial charge in [-0.15, -0.1) is 0 Å². The zero-order valence-corrected chi connectivity index (χ0v) is 18.4. The summed E-state index contributed by atoms with van der Waals surface area (Å²) in [5.41, 5.74) is 4.39. The maximum absolute atomic E-state index is 12.8. The smallest absolute Gasteiger partial charge is 0.407 e. The highest BCUT2D eigenvalue weighted by molar-refractivity contribution is 5.79. The van der Waals surface area contributed by atoms with Crippen LogP contribution in [0.2, 0.25) is 0 Å². The van der Waals surface area contributed by atoms with Gasteiger partial charge in [-0.3, -0.25) is 0 Å². The molecule has 7 nitrogen and oxygen atoms in total. The maximum atomic E-state index is 12.8. The Labute approximate surface area is 187 Å². The average molecular weight is 440 g/mol. The number of hydrogen-bond acceptors (Lipinski definition) is 6. The Kier molecular flexibility index (Phi) is 5.45. The third-order valence-electron chi connectivity index (χ3n) is 6.67. The van der Waals surface area contributed by atoms with Crippen LogP contribution in [0.15, 0.2) is 48.5 Å². The van der Waals surface area contributed by atoms with E-state index in [0.29, 0.717) is 26.2 Å². The van der Waals surface area contributed by atoms with E-state index in [0.717, 1.165) is 22.3 Å². The van der Waals surface area contributed by atoms with E-state index >= 15 is 0 Å². The summed E-state index contributed by atoms with van der Waals surface area (Å²) < 4.78 is 23.2. The summed E-state index contributed by atoms with van der Waals surface area (Å²) in [5.74, 6) is -1.55. The molecule has 0 unspecified atom stereocenters. The first-order chi connectivity index (χ1) is 15.4. The van der Waals surface area contributed by atoms with Gasteiger partial charge in [0.2, 0.25) is 0 Å². The number of benzene rings is 2. The van der Waals surface area contributed by atoms with Crippen molar-refractivity contribution in [3.05, 3.63) is 59.7 Å². The fourth-order valence-electron chi connectivity index (χ4n) is 4.77.